The van der Waals surface area contributed by atoms with E-state index in [1.807, 2.05) is 36.4 Å². The van der Waals surface area contributed by atoms with Gasteiger partial charge in [-0.1, -0.05) is 30.3 Å². The fourth-order valence-corrected chi connectivity index (χ4v) is 3.66. The number of pyridine rings is 1. The molecule has 162 valence electrons. The summed E-state index contributed by atoms with van der Waals surface area (Å²) >= 11 is 0. The summed E-state index contributed by atoms with van der Waals surface area (Å²) in [5.74, 6) is -1.27. The fourth-order valence-electron chi connectivity index (χ4n) is 3.66. The summed E-state index contributed by atoms with van der Waals surface area (Å²) in [7, 11) is 0. The van der Waals surface area contributed by atoms with Gasteiger partial charge < -0.3 is 15.2 Å². The van der Waals surface area contributed by atoms with Gasteiger partial charge in [-0.2, -0.15) is 0 Å². The maximum Gasteiger partial charge on any atom is 0.303 e. The average molecular weight is 432 g/mol. The number of ether oxygens (including phenoxy) is 1. The van der Waals surface area contributed by atoms with Crippen LogP contribution in [0.2, 0.25) is 0 Å². The molecule has 3 aromatic rings. The van der Waals surface area contributed by atoms with Crippen molar-refractivity contribution >= 4 is 23.5 Å². The molecule has 4 rings (SSSR count). The van der Waals surface area contributed by atoms with Gasteiger partial charge in [-0.25, -0.2) is 9.37 Å². The maximum atomic E-state index is 14.0. The number of halogens is 1. The van der Waals surface area contributed by atoms with Gasteiger partial charge in [0.25, 0.3) is 0 Å². The number of aromatic nitrogens is 1. The quantitative estimate of drug-likeness (QED) is 0.409. The summed E-state index contributed by atoms with van der Waals surface area (Å²) in [6.07, 6.45) is 3.25. The number of fused-ring (bicyclic) bond motifs is 3. The first-order valence-electron chi connectivity index (χ1n) is 10.2. The molecule has 1 aliphatic rings. The van der Waals surface area contributed by atoms with Crippen LogP contribution in [0, 0.1) is 5.82 Å². The van der Waals surface area contributed by atoms with Gasteiger partial charge in [0.05, 0.1) is 13.0 Å². The minimum Gasteiger partial charge on any atom is -0.481 e. The molecule has 1 amide bonds. The maximum absolute atomic E-state index is 14.0. The molecule has 1 heterocycles. The van der Waals surface area contributed by atoms with E-state index in [-0.39, 0.29) is 37.7 Å². The summed E-state index contributed by atoms with van der Waals surface area (Å²) in [5, 5.41) is 11.2. The highest BCUT2D eigenvalue weighted by Gasteiger charge is 2.23. The summed E-state index contributed by atoms with van der Waals surface area (Å²) < 4.78 is 19.8. The van der Waals surface area contributed by atoms with Crippen molar-refractivity contribution < 1.29 is 23.8 Å². The SMILES string of the molecule is O=C(O)CCC(=O)NCCOc1ncccc1C=C1c2ccccc2-c2ccc(F)cc21. The van der Waals surface area contributed by atoms with Crippen LogP contribution in [0.3, 0.4) is 0 Å². The first kappa shape index (κ1) is 21.2. The summed E-state index contributed by atoms with van der Waals surface area (Å²) in [4.78, 5) is 26.5. The van der Waals surface area contributed by atoms with Gasteiger partial charge >= 0.3 is 5.97 Å². The molecule has 32 heavy (non-hydrogen) atoms. The summed E-state index contributed by atoms with van der Waals surface area (Å²) in [6.45, 7) is 0.399. The van der Waals surface area contributed by atoms with E-state index < -0.39 is 5.97 Å². The first-order chi connectivity index (χ1) is 15.5. The number of amides is 1. The molecule has 1 aromatic heterocycles. The number of carboxylic acids is 1. The normalized spacial score (nSPS) is 12.8. The predicted octanol–water partition coefficient (Wildman–Crippen LogP) is 4.15. The highest BCUT2D eigenvalue weighted by atomic mass is 19.1. The van der Waals surface area contributed by atoms with Crippen LogP contribution in [-0.4, -0.2) is 35.1 Å². The van der Waals surface area contributed by atoms with E-state index in [0.717, 1.165) is 33.4 Å². The Balaban J connectivity index is 1.53. The topological polar surface area (TPSA) is 88.5 Å². The van der Waals surface area contributed by atoms with Gasteiger partial charge in [0.1, 0.15) is 12.4 Å². The molecule has 6 nitrogen and oxygen atoms in total. The molecule has 0 aliphatic heterocycles. The lowest BCUT2D eigenvalue weighted by Crippen LogP contribution is -2.28. The molecular formula is C25H21FN2O4. The Morgan fingerprint density at radius 3 is 2.59 bits per heavy atom. The van der Waals surface area contributed by atoms with Crippen LogP contribution in [-0.2, 0) is 9.59 Å². The monoisotopic (exact) mass is 432 g/mol. The van der Waals surface area contributed by atoms with Gasteiger partial charge in [0.2, 0.25) is 11.8 Å². The second-order valence-electron chi connectivity index (χ2n) is 7.28. The Hall–Kier alpha value is -4.00. The number of carboxylic acid groups (broad SMARTS) is 1. The van der Waals surface area contributed by atoms with Gasteiger partial charge in [0.15, 0.2) is 0 Å². The van der Waals surface area contributed by atoms with Crippen molar-refractivity contribution in [3.63, 3.8) is 0 Å². The largest absolute Gasteiger partial charge is 0.481 e. The van der Waals surface area contributed by atoms with E-state index >= 15 is 0 Å². The number of nitrogens with zero attached hydrogens (tertiary/aromatic N) is 1. The molecule has 1 aliphatic carbocycles. The van der Waals surface area contributed by atoms with E-state index in [0.29, 0.717) is 5.88 Å². The minimum absolute atomic E-state index is 0.0777. The van der Waals surface area contributed by atoms with Crippen LogP contribution >= 0.6 is 0 Å². The number of hydrogen-bond donors (Lipinski definition) is 2. The Bertz CT molecular complexity index is 1210. The number of rotatable bonds is 8. The predicted molar refractivity (Wildman–Crippen MR) is 118 cm³/mol. The van der Waals surface area contributed by atoms with Crippen LogP contribution < -0.4 is 10.1 Å². The molecule has 0 bridgehead atoms. The number of hydrogen-bond acceptors (Lipinski definition) is 4. The van der Waals surface area contributed by atoms with Crippen molar-refractivity contribution in [3.8, 4) is 17.0 Å². The van der Waals surface area contributed by atoms with Crippen molar-refractivity contribution in [2.75, 3.05) is 13.2 Å². The zero-order chi connectivity index (χ0) is 22.5. The van der Waals surface area contributed by atoms with Crippen LogP contribution in [0.15, 0.2) is 60.8 Å². The van der Waals surface area contributed by atoms with Crippen molar-refractivity contribution in [3.05, 3.63) is 83.3 Å². The van der Waals surface area contributed by atoms with Crippen molar-refractivity contribution in [2.24, 2.45) is 0 Å². The zero-order valence-corrected chi connectivity index (χ0v) is 17.2. The van der Waals surface area contributed by atoms with Crippen LogP contribution in [0.4, 0.5) is 4.39 Å². The molecular weight excluding hydrogens is 411 g/mol. The lowest BCUT2D eigenvalue weighted by atomic mass is 10.0. The molecule has 0 atom stereocenters. The lowest BCUT2D eigenvalue weighted by Gasteiger charge is -2.10. The van der Waals surface area contributed by atoms with Crippen LogP contribution in [0.1, 0.15) is 29.5 Å². The van der Waals surface area contributed by atoms with Gasteiger partial charge in [-0.15, -0.1) is 0 Å². The highest BCUT2D eigenvalue weighted by Crippen LogP contribution is 2.45. The van der Waals surface area contributed by atoms with Gasteiger partial charge in [-0.3, -0.25) is 9.59 Å². The first-order valence-corrected chi connectivity index (χ1v) is 10.2. The van der Waals surface area contributed by atoms with Gasteiger partial charge in [-0.05, 0) is 58.2 Å². The molecule has 7 heteroatoms. The molecule has 2 aromatic carbocycles. The number of aliphatic carboxylic acids is 1. The second kappa shape index (κ2) is 9.43. The molecule has 2 N–H and O–H groups in total. The van der Waals surface area contributed by atoms with E-state index in [9.17, 15) is 14.0 Å². The third-order valence-corrected chi connectivity index (χ3v) is 5.11. The fraction of sp³-hybridized carbons (Fsp3) is 0.160. The zero-order valence-electron chi connectivity index (χ0n) is 17.2. The number of benzene rings is 2. The number of carbonyl (C=O) groups excluding carboxylic acids is 1. The average Bonchev–Trinajstić information content (AvgIpc) is 3.09. The Kier molecular flexibility index (Phi) is 6.26. The van der Waals surface area contributed by atoms with E-state index in [2.05, 4.69) is 10.3 Å². The molecule has 0 spiro atoms. The molecule has 0 saturated carbocycles. The molecule has 0 saturated heterocycles. The third kappa shape index (κ3) is 4.67. The number of nitrogens with one attached hydrogen (secondary N) is 1. The molecule has 0 radical (unpaired) electrons. The number of carbonyl (C=O) groups is 2. The van der Waals surface area contributed by atoms with Crippen molar-refractivity contribution in [1.29, 1.82) is 0 Å². The standard InChI is InChI=1S/C25H21FN2O4/c26-17-7-8-20-18-5-1-2-6-19(18)21(22(20)15-17)14-16-4-3-11-28-25(16)32-13-12-27-23(29)9-10-24(30)31/h1-8,11,14-15H,9-10,12-13H2,(H,27,29)(H,30,31). The van der Waals surface area contributed by atoms with Crippen molar-refractivity contribution in [1.82, 2.24) is 10.3 Å². The van der Waals surface area contributed by atoms with Crippen LogP contribution in [0.5, 0.6) is 5.88 Å². The third-order valence-electron chi connectivity index (χ3n) is 5.11. The van der Waals surface area contributed by atoms with Crippen LogP contribution in [0.25, 0.3) is 22.8 Å². The summed E-state index contributed by atoms with van der Waals surface area (Å²) in [6, 6.07) is 16.4. The second-order valence-corrected chi connectivity index (χ2v) is 7.28. The Morgan fingerprint density at radius 1 is 1.00 bits per heavy atom. The molecule has 0 fully saturated rings. The van der Waals surface area contributed by atoms with Crippen molar-refractivity contribution in [2.45, 2.75) is 12.8 Å². The minimum atomic E-state index is -1.02. The lowest BCUT2D eigenvalue weighted by molar-refractivity contribution is -0.138. The molecule has 0 unspecified atom stereocenters. The Labute approximate surface area is 184 Å². The van der Waals surface area contributed by atoms with Gasteiger partial charge in [0, 0.05) is 18.2 Å². The summed E-state index contributed by atoms with van der Waals surface area (Å²) in [5.41, 5.74) is 5.45. The van der Waals surface area contributed by atoms with E-state index in [1.165, 1.54) is 12.1 Å². The highest BCUT2D eigenvalue weighted by molar-refractivity contribution is 6.06. The smallest absolute Gasteiger partial charge is 0.303 e. The Morgan fingerprint density at radius 2 is 1.78 bits per heavy atom. The van der Waals surface area contributed by atoms with E-state index in [4.69, 9.17) is 9.84 Å². The van der Waals surface area contributed by atoms with E-state index in [1.54, 1.807) is 18.3 Å².